The number of aliphatic carboxylic acids is 1. The predicted molar refractivity (Wildman–Crippen MR) is 78.5 cm³/mol. The zero-order chi connectivity index (χ0) is 15.1. The molecule has 0 fully saturated rings. The lowest BCUT2D eigenvalue weighted by molar-refractivity contribution is -0.138. The van der Waals surface area contributed by atoms with Crippen molar-refractivity contribution in [2.24, 2.45) is 7.05 Å². The Labute approximate surface area is 125 Å². The molecule has 1 unspecified atom stereocenters. The summed E-state index contributed by atoms with van der Waals surface area (Å²) in [5, 5.41) is 14.0. The maximum atomic E-state index is 11.1. The molecule has 3 rings (SSSR count). The number of hydrogen-bond donors (Lipinski definition) is 1. The molecule has 0 amide bonds. The Balaban J connectivity index is 2.22. The number of aromatic nitrogens is 4. The van der Waals surface area contributed by atoms with E-state index in [0.717, 1.165) is 11.3 Å². The third-order valence-corrected chi connectivity index (χ3v) is 3.55. The summed E-state index contributed by atoms with van der Waals surface area (Å²) in [4.78, 5) is 15.5. The SMILES string of the molecule is CC(C(=O)O)c1cn2cc(Cl)cc(-c3ccn(C)n3)c2n1. The quantitative estimate of drug-likeness (QED) is 0.807. The average Bonchev–Trinajstić information content (AvgIpc) is 3.02. The zero-order valence-electron chi connectivity index (χ0n) is 11.5. The van der Waals surface area contributed by atoms with E-state index in [0.29, 0.717) is 16.4 Å². The molecule has 0 saturated heterocycles. The summed E-state index contributed by atoms with van der Waals surface area (Å²) in [6.45, 7) is 1.60. The molecule has 0 bridgehead atoms. The van der Waals surface area contributed by atoms with E-state index in [4.69, 9.17) is 16.7 Å². The Morgan fingerprint density at radius 1 is 1.43 bits per heavy atom. The number of rotatable bonds is 3. The Morgan fingerprint density at radius 2 is 2.19 bits per heavy atom. The lowest BCUT2D eigenvalue weighted by Crippen LogP contribution is -2.07. The van der Waals surface area contributed by atoms with Gasteiger partial charge in [0, 0.05) is 31.2 Å². The van der Waals surface area contributed by atoms with Crippen molar-refractivity contribution in [2.75, 3.05) is 0 Å². The highest BCUT2D eigenvalue weighted by atomic mass is 35.5. The van der Waals surface area contributed by atoms with Crippen molar-refractivity contribution in [3.63, 3.8) is 0 Å². The molecule has 0 aliphatic rings. The Morgan fingerprint density at radius 3 is 2.81 bits per heavy atom. The van der Waals surface area contributed by atoms with Crippen LogP contribution in [0.3, 0.4) is 0 Å². The molecule has 0 aliphatic heterocycles. The monoisotopic (exact) mass is 304 g/mol. The van der Waals surface area contributed by atoms with Crippen molar-refractivity contribution >= 4 is 23.2 Å². The summed E-state index contributed by atoms with van der Waals surface area (Å²) in [5.74, 6) is -1.59. The molecular formula is C14H13ClN4O2. The minimum atomic E-state index is -0.913. The first-order valence-electron chi connectivity index (χ1n) is 6.36. The van der Waals surface area contributed by atoms with Crippen LogP contribution in [0, 0.1) is 0 Å². The van der Waals surface area contributed by atoms with Crippen molar-refractivity contribution in [1.29, 1.82) is 0 Å². The lowest BCUT2D eigenvalue weighted by Gasteiger charge is -2.01. The second kappa shape index (κ2) is 4.89. The summed E-state index contributed by atoms with van der Waals surface area (Å²) >= 11 is 6.13. The number of fused-ring (bicyclic) bond motifs is 1. The molecule has 108 valence electrons. The lowest BCUT2D eigenvalue weighted by atomic mass is 10.1. The minimum Gasteiger partial charge on any atom is -0.481 e. The van der Waals surface area contributed by atoms with Gasteiger partial charge in [0.05, 0.1) is 22.3 Å². The Kier molecular flexibility index (Phi) is 3.17. The molecule has 0 saturated carbocycles. The molecular weight excluding hydrogens is 292 g/mol. The third-order valence-electron chi connectivity index (χ3n) is 3.34. The van der Waals surface area contributed by atoms with Gasteiger partial charge in [-0.05, 0) is 19.1 Å². The molecule has 0 aromatic carbocycles. The molecule has 1 N–H and O–H groups in total. The van der Waals surface area contributed by atoms with Crippen LogP contribution in [0.15, 0.2) is 30.7 Å². The highest BCUT2D eigenvalue weighted by Gasteiger charge is 2.19. The van der Waals surface area contributed by atoms with E-state index in [9.17, 15) is 4.79 Å². The van der Waals surface area contributed by atoms with E-state index in [1.807, 2.05) is 19.3 Å². The van der Waals surface area contributed by atoms with Crippen LogP contribution in [0.4, 0.5) is 0 Å². The van der Waals surface area contributed by atoms with Gasteiger partial charge in [0.25, 0.3) is 0 Å². The number of carbonyl (C=O) groups is 1. The molecule has 3 heterocycles. The van der Waals surface area contributed by atoms with Gasteiger partial charge in [0.2, 0.25) is 0 Å². The van der Waals surface area contributed by atoms with Crippen LogP contribution >= 0.6 is 11.6 Å². The fourth-order valence-corrected chi connectivity index (χ4v) is 2.38. The van der Waals surface area contributed by atoms with E-state index in [-0.39, 0.29) is 0 Å². The van der Waals surface area contributed by atoms with Crippen LogP contribution < -0.4 is 0 Å². The Bertz CT molecular complexity index is 837. The molecule has 0 spiro atoms. The van der Waals surface area contributed by atoms with Crippen LogP contribution in [0.2, 0.25) is 5.02 Å². The van der Waals surface area contributed by atoms with E-state index in [1.165, 1.54) is 0 Å². The zero-order valence-corrected chi connectivity index (χ0v) is 12.2. The van der Waals surface area contributed by atoms with Gasteiger partial charge in [-0.2, -0.15) is 5.10 Å². The van der Waals surface area contributed by atoms with E-state index >= 15 is 0 Å². The molecule has 1 atom stereocenters. The van der Waals surface area contributed by atoms with Crippen molar-refractivity contribution in [2.45, 2.75) is 12.8 Å². The maximum Gasteiger partial charge on any atom is 0.312 e. The number of halogens is 1. The van der Waals surface area contributed by atoms with E-state index < -0.39 is 11.9 Å². The second-order valence-corrected chi connectivity index (χ2v) is 5.34. The molecule has 0 aliphatic carbocycles. The summed E-state index contributed by atoms with van der Waals surface area (Å²) in [6, 6.07) is 3.64. The third kappa shape index (κ3) is 2.38. The topological polar surface area (TPSA) is 72.4 Å². The largest absolute Gasteiger partial charge is 0.481 e. The summed E-state index contributed by atoms with van der Waals surface area (Å²) in [6.07, 6.45) is 5.22. The van der Waals surface area contributed by atoms with Gasteiger partial charge in [-0.1, -0.05) is 11.6 Å². The first-order chi connectivity index (χ1) is 9.95. The van der Waals surface area contributed by atoms with E-state index in [2.05, 4.69) is 10.1 Å². The molecule has 0 radical (unpaired) electrons. The first-order valence-corrected chi connectivity index (χ1v) is 6.74. The predicted octanol–water partition coefficient (Wildman–Crippen LogP) is 2.58. The van der Waals surface area contributed by atoms with E-state index in [1.54, 1.807) is 34.5 Å². The number of carboxylic acid groups (broad SMARTS) is 1. The second-order valence-electron chi connectivity index (χ2n) is 4.90. The van der Waals surface area contributed by atoms with Crippen LogP contribution in [0.1, 0.15) is 18.5 Å². The number of imidazole rings is 1. The van der Waals surface area contributed by atoms with Crippen molar-refractivity contribution in [3.8, 4) is 11.3 Å². The summed E-state index contributed by atoms with van der Waals surface area (Å²) in [7, 11) is 1.83. The van der Waals surface area contributed by atoms with Gasteiger partial charge in [-0.3, -0.25) is 9.48 Å². The van der Waals surface area contributed by atoms with Gasteiger partial charge < -0.3 is 9.51 Å². The highest BCUT2D eigenvalue weighted by molar-refractivity contribution is 6.30. The van der Waals surface area contributed by atoms with Gasteiger partial charge in [0.1, 0.15) is 5.65 Å². The van der Waals surface area contributed by atoms with Gasteiger partial charge in [0.15, 0.2) is 0 Å². The smallest absolute Gasteiger partial charge is 0.312 e. The van der Waals surface area contributed by atoms with Crippen LogP contribution in [-0.2, 0) is 11.8 Å². The number of pyridine rings is 1. The number of hydrogen-bond acceptors (Lipinski definition) is 3. The van der Waals surface area contributed by atoms with Crippen LogP contribution in [0.25, 0.3) is 16.9 Å². The average molecular weight is 305 g/mol. The fourth-order valence-electron chi connectivity index (χ4n) is 2.17. The number of aryl methyl sites for hydroxylation is 1. The molecule has 21 heavy (non-hydrogen) atoms. The molecule has 6 nitrogen and oxygen atoms in total. The summed E-state index contributed by atoms with van der Waals surface area (Å²) < 4.78 is 3.43. The van der Waals surface area contributed by atoms with Crippen molar-refractivity contribution in [1.82, 2.24) is 19.2 Å². The van der Waals surface area contributed by atoms with Gasteiger partial charge >= 0.3 is 5.97 Å². The molecule has 3 aromatic heterocycles. The molecule has 7 heteroatoms. The minimum absolute atomic E-state index is 0.488. The van der Waals surface area contributed by atoms with Crippen LogP contribution in [-0.4, -0.2) is 30.2 Å². The van der Waals surface area contributed by atoms with Crippen LogP contribution in [0.5, 0.6) is 0 Å². The Hall–Kier alpha value is -2.34. The van der Waals surface area contributed by atoms with Crippen molar-refractivity contribution < 1.29 is 9.90 Å². The number of carboxylic acids is 1. The first kappa shape index (κ1) is 13.6. The summed E-state index contributed by atoms with van der Waals surface area (Å²) in [5.41, 5.74) is 2.64. The molecule has 3 aromatic rings. The number of nitrogens with zero attached hydrogens (tertiary/aromatic N) is 4. The van der Waals surface area contributed by atoms with Gasteiger partial charge in [-0.25, -0.2) is 4.98 Å². The van der Waals surface area contributed by atoms with Gasteiger partial charge in [-0.15, -0.1) is 0 Å². The maximum absolute atomic E-state index is 11.1. The standard InChI is InChI=1S/C14H13ClN4O2/c1-8(14(20)21)12-7-19-6-9(15)5-10(13(19)16-12)11-3-4-18(2)17-11/h3-8H,1-2H3,(H,20,21). The normalized spacial score (nSPS) is 12.7. The highest BCUT2D eigenvalue weighted by Crippen LogP contribution is 2.27. The van der Waals surface area contributed by atoms with Crippen molar-refractivity contribution in [3.05, 3.63) is 41.4 Å². The fraction of sp³-hybridized carbons (Fsp3) is 0.214.